The Labute approximate surface area is 122 Å². The molecule has 0 unspecified atom stereocenters. The summed E-state index contributed by atoms with van der Waals surface area (Å²) in [5.74, 6) is -0.212. The van der Waals surface area contributed by atoms with Crippen LogP contribution in [-0.2, 0) is 9.59 Å². The molecule has 0 radical (unpaired) electrons. The van der Waals surface area contributed by atoms with E-state index >= 15 is 0 Å². The van der Waals surface area contributed by atoms with Gasteiger partial charge in [0.05, 0.1) is 5.92 Å². The first-order chi connectivity index (χ1) is 9.63. The van der Waals surface area contributed by atoms with Crippen LogP contribution in [0.5, 0.6) is 0 Å². The molecule has 4 nitrogen and oxygen atoms in total. The summed E-state index contributed by atoms with van der Waals surface area (Å²) in [6.07, 6.45) is 9.83. The molecule has 0 aromatic heterocycles. The van der Waals surface area contributed by atoms with E-state index in [2.05, 4.69) is 12.2 Å². The van der Waals surface area contributed by atoms with Crippen molar-refractivity contribution in [2.75, 3.05) is 6.54 Å². The summed E-state index contributed by atoms with van der Waals surface area (Å²) in [5.41, 5.74) is 0. The lowest BCUT2D eigenvalue weighted by atomic mass is 9.82. The lowest BCUT2D eigenvalue weighted by molar-refractivity contribution is -0.143. The quantitative estimate of drug-likeness (QED) is 0.638. The Kier molecular flexibility index (Phi) is 8.31. The van der Waals surface area contributed by atoms with E-state index in [1.165, 1.54) is 19.3 Å². The van der Waals surface area contributed by atoms with E-state index in [-0.39, 0.29) is 11.8 Å². The molecule has 20 heavy (non-hydrogen) atoms. The van der Waals surface area contributed by atoms with Gasteiger partial charge in [0.15, 0.2) is 0 Å². The standard InChI is InChI=1S/C16H29NO3/c1-2-3-4-5-6-7-15(18)17-12-13-8-10-14(11-9-13)16(19)20/h13-14H,2-12H2,1H3,(H,17,18)(H,19,20). The van der Waals surface area contributed by atoms with Crippen LogP contribution in [0.4, 0.5) is 0 Å². The summed E-state index contributed by atoms with van der Waals surface area (Å²) >= 11 is 0. The van der Waals surface area contributed by atoms with E-state index in [0.29, 0.717) is 12.3 Å². The van der Waals surface area contributed by atoms with Gasteiger partial charge in [-0.05, 0) is 38.0 Å². The third kappa shape index (κ3) is 6.92. The van der Waals surface area contributed by atoms with Crippen LogP contribution in [0.3, 0.4) is 0 Å². The van der Waals surface area contributed by atoms with E-state index < -0.39 is 5.97 Å². The molecule has 1 aliphatic rings. The number of hydrogen-bond donors (Lipinski definition) is 2. The lowest BCUT2D eigenvalue weighted by Crippen LogP contribution is -2.32. The van der Waals surface area contributed by atoms with Gasteiger partial charge in [-0.25, -0.2) is 0 Å². The number of carbonyl (C=O) groups is 2. The fraction of sp³-hybridized carbons (Fsp3) is 0.875. The van der Waals surface area contributed by atoms with Gasteiger partial charge in [0.25, 0.3) is 0 Å². The number of nitrogens with one attached hydrogen (secondary N) is 1. The first kappa shape index (κ1) is 17.0. The molecule has 1 rings (SSSR count). The zero-order valence-corrected chi connectivity index (χ0v) is 12.7. The molecule has 0 atom stereocenters. The number of hydrogen-bond acceptors (Lipinski definition) is 2. The van der Waals surface area contributed by atoms with Crippen molar-refractivity contribution in [3.8, 4) is 0 Å². The van der Waals surface area contributed by atoms with Crippen molar-refractivity contribution in [3.05, 3.63) is 0 Å². The molecular formula is C16H29NO3. The predicted octanol–water partition coefficient (Wildman–Crippen LogP) is 3.35. The Morgan fingerprint density at radius 2 is 1.70 bits per heavy atom. The molecule has 1 amide bonds. The van der Waals surface area contributed by atoms with Gasteiger partial charge in [0.1, 0.15) is 0 Å². The minimum Gasteiger partial charge on any atom is -0.481 e. The van der Waals surface area contributed by atoms with Gasteiger partial charge in [0.2, 0.25) is 5.91 Å². The molecule has 1 fully saturated rings. The van der Waals surface area contributed by atoms with Crippen LogP contribution < -0.4 is 5.32 Å². The van der Waals surface area contributed by atoms with Gasteiger partial charge in [-0.3, -0.25) is 9.59 Å². The van der Waals surface area contributed by atoms with Crippen LogP contribution in [0.15, 0.2) is 0 Å². The fourth-order valence-corrected chi connectivity index (χ4v) is 2.85. The number of carboxylic acids is 1. The predicted molar refractivity (Wildman–Crippen MR) is 79.5 cm³/mol. The zero-order chi connectivity index (χ0) is 14.8. The molecule has 0 aromatic carbocycles. The molecular weight excluding hydrogens is 254 g/mol. The Bertz CT molecular complexity index is 296. The Morgan fingerprint density at radius 1 is 1.05 bits per heavy atom. The average Bonchev–Trinajstić information content (AvgIpc) is 2.45. The number of rotatable bonds is 9. The molecule has 0 saturated heterocycles. The smallest absolute Gasteiger partial charge is 0.306 e. The molecule has 116 valence electrons. The van der Waals surface area contributed by atoms with Crippen LogP contribution in [0, 0.1) is 11.8 Å². The normalized spacial score (nSPS) is 22.4. The minimum absolute atomic E-state index is 0.154. The average molecular weight is 283 g/mol. The van der Waals surface area contributed by atoms with Gasteiger partial charge in [-0.2, -0.15) is 0 Å². The summed E-state index contributed by atoms with van der Waals surface area (Å²) in [5, 5.41) is 11.9. The molecule has 2 N–H and O–H groups in total. The van der Waals surface area contributed by atoms with E-state index in [4.69, 9.17) is 5.11 Å². The van der Waals surface area contributed by atoms with Crippen molar-refractivity contribution >= 4 is 11.9 Å². The third-order valence-corrected chi connectivity index (χ3v) is 4.29. The second-order valence-corrected chi connectivity index (χ2v) is 6.02. The number of carbonyl (C=O) groups excluding carboxylic acids is 1. The van der Waals surface area contributed by atoms with E-state index in [1.54, 1.807) is 0 Å². The molecule has 4 heteroatoms. The van der Waals surface area contributed by atoms with Crippen LogP contribution in [0.25, 0.3) is 0 Å². The van der Waals surface area contributed by atoms with Gasteiger partial charge in [0, 0.05) is 13.0 Å². The topological polar surface area (TPSA) is 66.4 Å². The summed E-state index contributed by atoms with van der Waals surface area (Å²) in [6, 6.07) is 0. The second kappa shape index (κ2) is 9.78. The van der Waals surface area contributed by atoms with Crippen molar-refractivity contribution in [3.63, 3.8) is 0 Å². The van der Waals surface area contributed by atoms with E-state index in [0.717, 1.165) is 45.1 Å². The van der Waals surface area contributed by atoms with Gasteiger partial charge >= 0.3 is 5.97 Å². The third-order valence-electron chi connectivity index (χ3n) is 4.29. The minimum atomic E-state index is -0.667. The molecule has 0 spiro atoms. The summed E-state index contributed by atoms with van der Waals surface area (Å²) < 4.78 is 0. The number of amides is 1. The summed E-state index contributed by atoms with van der Waals surface area (Å²) in [6.45, 7) is 2.91. The second-order valence-electron chi connectivity index (χ2n) is 6.02. The molecule has 0 aliphatic heterocycles. The number of unbranched alkanes of at least 4 members (excludes halogenated alkanes) is 4. The van der Waals surface area contributed by atoms with Crippen LogP contribution >= 0.6 is 0 Å². The SMILES string of the molecule is CCCCCCCC(=O)NCC1CCC(C(=O)O)CC1. The first-order valence-electron chi connectivity index (χ1n) is 8.13. The lowest BCUT2D eigenvalue weighted by Gasteiger charge is -2.26. The molecule has 1 saturated carbocycles. The van der Waals surface area contributed by atoms with Crippen LogP contribution in [0.2, 0.25) is 0 Å². The number of aliphatic carboxylic acids is 1. The van der Waals surface area contributed by atoms with Gasteiger partial charge in [-0.1, -0.05) is 32.6 Å². The Balaban J connectivity index is 2.03. The van der Waals surface area contributed by atoms with Crippen LogP contribution in [0.1, 0.15) is 71.1 Å². The first-order valence-corrected chi connectivity index (χ1v) is 8.13. The maximum absolute atomic E-state index is 11.7. The summed E-state index contributed by atoms with van der Waals surface area (Å²) in [4.78, 5) is 22.5. The largest absolute Gasteiger partial charge is 0.481 e. The summed E-state index contributed by atoms with van der Waals surface area (Å²) in [7, 11) is 0. The Hall–Kier alpha value is -1.06. The fourth-order valence-electron chi connectivity index (χ4n) is 2.85. The molecule has 0 aromatic rings. The van der Waals surface area contributed by atoms with Crippen molar-refractivity contribution in [1.82, 2.24) is 5.32 Å². The Morgan fingerprint density at radius 3 is 2.30 bits per heavy atom. The highest BCUT2D eigenvalue weighted by molar-refractivity contribution is 5.75. The maximum Gasteiger partial charge on any atom is 0.306 e. The van der Waals surface area contributed by atoms with Gasteiger partial charge < -0.3 is 10.4 Å². The molecule has 0 heterocycles. The molecule has 0 bridgehead atoms. The van der Waals surface area contributed by atoms with Crippen molar-refractivity contribution in [2.24, 2.45) is 11.8 Å². The molecule has 1 aliphatic carbocycles. The highest BCUT2D eigenvalue weighted by Crippen LogP contribution is 2.28. The van der Waals surface area contributed by atoms with Crippen molar-refractivity contribution < 1.29 is 14.7 Å². The zero-order valence-electron chi connectivity index (χ0n) is 12.7. The van der Waals surface area contributed by atoms with Crippen LogP contribution in [-0.4, -0.2) is 23.5 Å². The van der Waals surface area contributed by atoms with E-state index in [1.807, 2.05) is 0 Å². The monoisotopic (exact) mass is 283 g/mol. The van der Waals surface area contributed by atoms with E-state index in [9.17, 15) is 9.59 Å². The highest BCUT2D eigenvalue weighted by Gasteiger charge is 2.25. The highest BCUT2D eigenvalue weighted by atomic mass is 16.4. The van der Waals surface area contributed by atoms with Crippen molar-refractivity contribution in [1.29, 1.82) is 0 Å². The van der Waals surface area contributed by atoms with Gasteiger partial charge in [-0.15, -0.1) is 0 Å². The van der Waals surface area contributed by atoms with Crippen molar-refractivity contribution in [2.45, 2.75) is 71.1 Å². The maximum atomic E-state index is 11.7. The number of carboxylic acid groups (broad SMARTS) is 1.